The van der Waals surface area contributed by atoms with E-state index in [-0.39, 0.29) is 5.91 Å². The number of anilines is 2. The minimum atomic E-state index is 0.0838. The molecule has 0 spiro atoms. The van der Waals surface area contributed by atoms with Crippen LogP contribution in [0.2, 0.25) is 0 Å². The number of nitrogen functional groups attached to an aromatic ring is 1. The second kappa shape index (κ2) is 5.73. The van der Waals surface area contributed by atoms with Crippen molar-refractivity contribution in [3.63, 3.8) is 0 Å². The molecule has 1 fully saturated rings. The van der Waals surface area contributed by atoms with Crippen LogP contribution in [0.5, 0.6) is 0 Å². The molecule has 2 aromatic heterocycles. The van der Waals surface area contributed by atoms with Gasteiger partial charge in [0.15, 0.2) is 0 Å². The Hall–Kier alpha value is -2.08. The van der Waals surface area contributed by atoms with Crippen molar-refractivity contribution in [2.45, 2.75) is 6.92 Å². The summed E-state index contributed by atoms with van der Waals surface area (Å²) in [5.41, 5.74) is 6.53. The summed E-state index contributed by atoms with van der Waals surface area (Å²) >= 11 is 1.47. The summed E-state index contributed by atoms with van der Waals surface area (Å²) in [6, 6.07) is 7.68. The third kappa shape index (κ3) is 2.85. The lowest BCUT2D eigenvalue weighted by Gasteiger charge is -2.35. The number of aromatic nitrogens is 1. The fourth-order valence-corrected chi connectivity index (χ4v) is 3.35. The quantitative estimate of drug-likeness (QED) is 0.921. The number of rotatable bonds is 2. The highest BCUT2D eigenvalue weighted by Crippen LogP contribution is 2.25. The van der Waals surface area contributed by atoms with Crippen LogP contribution in [0.4, 0.5) is 11.5 Å². The smallest absolute Gasteiger partial charge is 0.264 e. The van der Waals surface area contributed by atoms with Gasteiger partial charge in [0.05, 0.1) is 4.88 Å². The maximum Gasteiger partial charge on any atom is 0.264 e. The number of hydrogen-bond acceptors (Lipinski definition) is 5. The Kier molecular flexibility index (Phi) is 3.79. The van der Waals surface area contributed by atoms with Gasteiger partial charge in [0.25, 0.3) is 5.91 Å². The molecule has 6 heteroatoms. The molecule has 1 saturated heterocycles. The Morgan fingerprint density at radius 1 is 1.29 bits per heavy atom. The topological polar surface area (TPSA) is 62.5 Å². The summed E-state index contributed by atoms with van der Waals surface area (Å²) in [4.78, 5) is 22.6. The zero-order valence-corrected chi connectivity index (χ0v) is 12.8. The molecule has 0 unspecified atom stereocenters. The molecule has 0 saturated carbocycles. The Labute approximate surface area is 128 Å². The normalized spacial score (nSPS) is 15.3. The fourth-order valence-electron chi connectivity index (χ4n) is 2.44. The zero-order valence-electron chi connectivity index (χ0n) is 12.0. The molecule has 1 aliphatic rings. The van der Waals surface area contributed by atoms with Gasteiger partial charge in [-0.1, -0.05) is 6.07 Å². The Morgan fingerprint density at radius 3 is 2.62 bits per heavy atom. The minimum Gasteiger partial charge on any atom is -0.398 e. The number of hydrogen-bond donors (Lipinski definition) is 1. The van der Waals surface area contributed by atoms with Gasteiger partial charge >= 0.3 is 0 Å². The predicted molar refractivity (Wildman–Crippen MR) is 85.8 cm³/mol. The number of pyridine rings is 1. The number of nitrogens with two attached hydrogens (primary N) is 1. The van der Waals surface area contributed by atoms with Gasteiger partial charge in [-0.25, -0.2) is 4.98 Å². The van der Waals surface area contributed by atoms with Crippen LogP contribution in [0.3, 0.4) is 0 Å². The first-order chi connectivity index (χ1) is 10.1. The molecule has 0 radical (unpaired) electrons. The zero-order chi connectivity index (χ0) is 14.8. The number of piperazine rings is 1. The summed E-state index contributed by atoms with van der Waals surface area (Å²) < 4.78 is 0. The number of carbonyl (C=O) groups excluding carboxylic acids is 1. The van der Waals surface area contributed by atoms with Gasteiger partial charge in [-0.05, 0) is 25.1 Å². The lowest BCUT2D eigenvalue weighted by molar-refractivity contribution is 0.0751. The standard InChI is InChI=1S/C15H18N4OS/c1-11-12(16)10-13(21-11)15(20)19-8-6-18(7-9-19)14-4-2-3-5-17-14/h2-5,10H,6-9,16H2,1H3. The van der Waals surface area contributed by atoms with E-state index in [1.807, 2.05) is 30.0 Å². The molecule has 2 aromatic rings. The fraction of sp³-hybridized carbons (Fsp3) is 0.333. The Bertz CT molecular complexity index is 613. The molecule has 21 heavy (non-hydrogen) atoms. The first-order valence-corrected chi connectivity index (χ1v) is 7.78. The molecule has 110 valence electrons. The van der Waals surface area contributed by atoms with E-state index in [2.05, 4.69) is 9.88 Å². The van der Waals surface area contributed by atoms with Crippen LogP contribution in [-0.2, 0) is 0 Å². The molecule has 0 aromatic carbocycles. The number of thiophene rings is 1. The van der Waals surface area contributed by atoms with Gasteiger partial charge in [0, 0.05) is 42.9 Å². The summed E-state index contributed by atoms with van der Waals surface area (Å²) in [6.07, 6.45) is 1.80. The Morgan fingerprint density at radius 2 is 2.05 bits per heavy atom. The van der Waals surface area contributed by atoms with E-state index in [0.717, 1.165) is 28.7 Å². The molecule has 0 aliphatic carbocycles. The van der Waals surface area contributed by atoms with Crippen LogP contribution >= 0.6 is 11.3 Å². The third-order valence-corrected chi connectivity index (χ3v) is 4.76. The average Bonchev–Trinajstić information content (AvgIpc) is 2.87. The third-order valence-electron chi connectivity index (χ3n) is 3.71. The van der Waals surface area contributed by atoms with Crippen molar-refractivity contribution in [3.05, 3.63) is 40.2 Å². The summed E-state index contributed by atoms with van der Waals surface area (Å²) in [5.74, 6) is 1.06. The molecule has 1 aliphatic heterocycles. The monoisotopic (exact) mass is 302 g/mol. The highest BCUT2D eigenvalue weighted by Gasteiger charge is 2.24. The van der Waals surface area contributed by atoms with Crippen molar-refractivity contribution in [1.82, 2.24) is 9.88 Å². The van der Waals surface area contributed by atoms with Crippen LogP contribution in [0.1, 0.15) is 14.5 Å². The first kappa shape index (κ1) is 13.9. The lowest BCUT2D eigenvalue weighted by atomic mass is 10.2. The summed E-state index contributed by atoms with van der Waals surface area (Å²) in [6.45, 7) is 4.99. The summed E-state index contributed by atoms with van der Waals surface area (Å²) in [5, 5.41) is 0. The van der Waals surface area contributed by atoms with E-state index < -0.39 is 0 Å². The maximum absolute atomic E-state index is 12.5. The molecule has 1 amide bonds. The van der Waals surface area contributed by atoms with Gasteiger partial charge in [0.1, 0.15) is 5.82 Å². The van der Waals surface area contributed by atoms with E-state index in [0.29, 0.717) is 18.8 Å². The van der Waals surface area contributed by atoms with E-state index in [1.54, 1.807) is 12.3 Å². The minimum absolute atomic E-state index is 0.0838. The van der Waals surface area contributed by atoms with Crippen molar-refractivity contribution in [2.75, 3.05) is 36.8 Å². The molecular formula is C15H18N4OS. The molecule has 0 atom stereocenters. The highest BCUT2D eigenvalue weighted by atomic mass is 32.1. The SMILES string of the molecule is Cc1sc(C(=O)N2CCN(c3ccccn3)CC2)cc1N. The van der Waals surface area contributed by atoms with Gasteiger partial charge in [0.2, 0.25) is 0 Å². The predicted octanol–water partition coefficient (Wildman–Crippen LogP) is 2.00. The van der Waals surface area contributed by atoms with Crippen LogP contribution in [0.15, 0.2) is 30.5 Å². The second-order valence-corrected chi connectivity index (χ2v) is 6.35. The molecule has 3 rings (SSSR count). The van der Waals surface area contributed by atoms with Crippen LogP contribution in [0, 0.1) is 6.92 Å². The van der Waals surface area contributed by atoms with Gasteiger partial charge < -0.3 is 15.5 Å². The Balaban J connectivity index is 1.64. The second-order valence-electron chi connectivity index (χ2n) is 5.09. The van der Waals surface area contributed by atoms with Crippen molar-refractivity contribution in [1.29, 1.82) is 0 Å². The van der Waals surface area contributed by atoms with Gasteiger partial charge in [-0.15, -0.1) is 11.3 Å². The largest absolute Gasteiger partial charge is 0.398 e. The van der Waals surface area contributed by atoms with Crippen LogP contribution < -0.4 is 10.6 Å². The van der Waals surface area contributed by atoms with E-state index in [1.165, 1.54) is 11.3 Å². The van der Waals surface area contributed by atoms with Gasteiger partial charge in [-0.2, -0.15) is 0 Å². The summed E-state index contributed by atoms with van der Waals surface area (Å²) in [7, 11) is 0. The molecular weight excluding hydrogens is 284 g/mol. The number of carbonyl (C=O) groups is 1. The first-order valence-electron chi connectivity index (χ1n) is 6.96. The van der Waals surface area contributed by atoms with Crippen molar-refractivity contribution in [3.8, 4) is 0 Å². The van der Waals surface area contributed by atoms with E-state index in [4.69, 9.17) is 5.73 Å². The lowest BCUT2D eigenvalue weighted by Crippen LogP contribution is -2.48. The molecule has 2 N–H and O–H groups in total. The van der Waals surface area contributed by atoms with E-state index in [9.17, 15) is 4.79 Å². The van der Waals surface area contributed by atoms with Crippen molar-refractivity contribution < 1.29 is 4.79 Å². The molecule has 3 heterocycles. The maximum atomic E-state index is 12.5. The van der Waals surface area contributed by atoms with Crippen molar-refractivity contribution >= 4 is 28.7 Å². The number of aryl methyl sites for hydroxylation is 1. The number of nitrogens with zero attached hydrogens (tertiary/aromatic N) is 3. The van der Waals surface area contributed by atoms with Crippen LogP contribution in [-0.4, -0.2) is 42.0 Å². The van der Waals surface area contributed by atoms with Gasteiger partial charge in [-0.3, -0.25) is 4.79 Å². The van der Waals surface area contributed by atoms with E-state index >= 15 is 0 Å². The van der Waals surface area contributed by atoms with Crippen molar-refractivity contribution in [2.24, 2.45) is 0 Å². The molecule has 5 nitrogen and oxygen atoms in total. The average molecular weight is 302 g/mol. The van der Waals surface area contributed by atoms with Crippen LogP contribution in [0.25, 0.3) is 0 Å². The number of amides is 1. The molecule has 0 bridgehead atoms. The highest BCUT2D eigenvalue weighted by molar-refractivity contribution is 7.14.